The highest BCUT2D eigenvalue weighted by molar-refractivity contribution is 8.00. The molecule has 1 atom stereocenters. The lowest BCUT2D eigenvalue weighted by Crippen LogP contribution is -2.31. The maximum absolute atomic E-state index is 12.1. The van der Waals surface area contributed by atoms with Crippen LogP contribution in [0.15, 0.2) is 38.8 Å². The predicted molar refractivity (Wildman–Crippen MR) is 84.7 cm³/mol. The van der Waals surface area contributed by atoms with Gasteiger partial charge >= 0.3 is 0 Å². The highest BCUT2D eigenvalue weighted by Crippen LogP contribution is 2.20. The number of rotatable bonds is 6. The standard InChI is InChI=1S/C15H19N3O3S/c1-4-11-8-13(19)18(3)15(17-11)22-10(2)14(20)16-9-12-6-5-7-21-12/h5-8,10H,4,9H2,1-3H3,(H,16,20). The van der Waals surface area contributed by atoms with E-state index in [0.717, 1.165) is 5.69 Å². The van der Waals surface area contributed by atoms with Crippen molar-refractivity contribution in [1.82, 2.24) is 14.9 Å². The fraction of sp³-hybridized carbons (Fsp3) is 0.400. The summed E-state index contributed by atoms with van der Waals surface area (Å²) in [6.45, 7) is 4.07. The average Bonchev–Trinajstić information content (AvgIpc) is 3.02. The Labute approximate surface area is 132 Å². The van der Waals surface area contributed by atoms with Gasteiger partial charge in [0.2, 0.25) is 5.91 Å². The molecule has 1 amide bonds. The van der Waals surface area contributed by atoms with E-state index < -0.39 is 0 Å². The van der Waals surface area contributed by atoms with Crippen LogP contribution >= 0.6 is 11.8 Å². The SMILES string of the molecule is CCc1cc(=O)n(C)c(SC(C)C(=O)NCc2ccco2)n1. The molecule has 118 valence electrons. The van der Waals surface area contributed by atoms with Crippen molar-refractivity contribution in [1.29, 1.82) is 0 Å². The molecule has 1 N–H and O–H groups in total. The van der Waals surface area contributed by atoms with Gasteiger partial charge in [-0.1, -0.05) is 18.7 Å². The monoisotopic (exact) mass is 321 g/mol. The Kier molecular flexibility index (Phi) is 5.43. The molecule has 2 heterocycles. The molecule has 0 fully saturated rings. The first kappa shape index (κ1) is 16.4. The van der Waals surface area contributed by atoms with E-state index in [4.69, 9.17) is 4.42 Å². The molecule has 6 nitrogen and oxygen atoms in total. The number of thioether (sulfide) groups is 1. The van der Waals surface area contributed by atoms with Crippen LogP contribution in [-0.4, -0.2) is 20.7 Å². The van der Waals surface area contributed by atoms with Gasteiger partial charge in [-0.25, -0.2) is 4.98 Å². The van der Waals surface area contributed by atoms with Gasteiger partial charge in [0.15, 0.2) is 5.16 Å². The van der Waals surface area contributed by atoms with Crippen molar-refractivity contribution >= 4 is 17.7 Å². The Morgan fingerprint density at radius 1 is 1.55 bits per heavy atom. The summed E-state index contributed by atoms with van der Waals surface area (Å²) < 4.78 is 6.63. The maximum Gasteiger partial charge on any atom is 0.254 e. The minimum atomic E-state index is -0.361. The van der Waals surface area contributed by atoms with E-state index in [1.54, 1.807) is 32.4 Å². The lowest BCUT2D eigenvalue weighted by Gasteiger charge is -2.13. The third-order valence-corrected chi connectivity index (χ3v) is 4.32. The number of hydrogen-bond acceptors (Lipinski definition) is 5. The summed E-state index contributed by atoms with van der Waals surface area (Å²) in [7, 11) is 1.66. The van der Waals surface area contributed by atoms with E-state index in [9.17, 15) is 9.59 Å². The average molecular weight is 321 g/mol. The largest absolute Gasteiger partial charge is 0.467 e. The molecule has 0 aliphatic heterocycles. The highest BCUT2D eigenvalue weighted by Gasteiger charge is 2.17. The fourth-order valence-electron chi connectivity index (χ4n) is 1.79. The van der Waals surface area contributed by atoms with E-state index in [2.05, 4.69) is 10.3 Å². The van der Waals surface area contributed by atoms with E-state index in [1.165, 1.54) is 22.4 Å². The number of nitrogens with one attached hydrogen (secondary N) is 1. The zero-order valence-corrected chi connectivity index (χ0v) is 13.6. The van der Waals surface area contributed by atoms with E-state index in [-0.39, 0.29) is 16.7 Å². The molecule has 1 unspecified atom stereocenters. The number of nitrogens with zero attached hydrogens (tertiary/aromatic N) is 2. The minimum Gasteiger partial charge on any atom is -0.467 e. The second kappa shape index (κ2) is 7.31. The molecule has 2 aromatic heterocycles. The van der Waals surface area contributed by atoms with Gasteiger partial charge in [0.05, 0.1) is 18.1 Å². The number of hydrogen-bond donors (Lipinski definition) is 1. The van der Waals surface area contributed by atoms with Gasteiger partial charge in [0, 0.05) is 18.8 Å². The van der Waals surface area contributed by atoms with Crippen LogP contribution in [-0.2, 0) is 24.8 Å². The third kappa shape index (κ3) is 4.00. The summed E-state index contributed by atoms with van der Waals surface area (Å²) in [5.41, 5.74) is 0.617. The number of aromatic nitrogens is 2. The molecular weight excluding hydrogens is 302 g/mol. The Morgan fingerprint density at radius 2 is 2.32 bits per heavy atom. The summed E-state index contributed by atoms with van der Waals surface area (Å²) in [5.74, 6) is 0.571. The quantitative estimate of drug-likeness (QED) is 0.648. The molecule has 0 aliphatic rings. The molecule has 0 saturated carbocycles. The molecule has 0 saturated heterocycles. The summed E-state index contributed by atoms with van der Waals surface area (Å²) in [6, 6.07) is 5.09. The van der Waals surface area contributed by atoms with Crippen LogP contribution in [0.5, 0.6) is 0 Å². The molecular formula is C15H19N3O3S. The van der Waals surface area contributed by atoms with Gasteiger partial charge in [0.25, 0.3) is 5.56 Å². The second-order valence-corrected chi connectivity index (χ2v) is 6.15. The smallest absolute Gasteiger partial charge is 0.254 e. The maximum atomic E-state index is 12.1. The van der Waals surface area contributed by atoms with Gasteiger partial charge < -0.3 is 9.73 Å². The molecule has 0 aliphatic carbocycles. The van der Waals surface area contributed by atoms with Crippen molar-refractivity contribution in [2.75, 3.05) is 0 Å². The molecule has 2 aromatic rings. The summed E-state index contributed by atoms with van der Waals surface area (Å²) in [4.78, 5) is 28.4. The zero-order chi connectivity index (χ0) is 16.1. The lowest BCUT2D eigenvalue weighted by atomic mass is 10.3. The number of furan rings is 1. The molecule has 22 heavy (non-hydrogen) atoms. The first-order valence-electron chi connectivity index (χ1n) is 7.05. The number of amides is 1. The van der Waals surface area contributed by atoms with Gasteiger partial charge in [-0.2, -0.15) is 0 Å². The number of carbonyl (C=O) groups is 1. The van der Waals surface area contributed by atoms with Crippen LogP contribution in [0.3, 0.4) is 0 Å². The summed E-state index contributed by atoms with van der Waals surface area (Å²) in [6.07, 6.45) is 2.25. The van der Waals surface area contributed by atoms with Crippen molar-refractivity contribution in [2.24, 2.45) is 7.05 Å². The highest BCUT2D eigenvalue weighted by atomic mass is 32.2. The molecule has 0 aromatic carbocycles. The van der Waals surface area contributed by atoms with Crippen LogP contribution in [0.2, 0.25) is 0 Å². The van der Waals surface area contributed by atoms with Crippen LogP contribution in [0.25, 0.3) is 0 Å². The zero-order valence-electron chi connectivity index (χ0n) is 12.8. The molecule has 0 radical (unpaired) electrons. The van der Waals surface area contributed by atoms with Crippen LogP contribution in [0.1, 0.15) is 25.3 Å². The second-order valence-electron chi connectivity index (χ2n) is 4.84. The Hall–Kier alpha value is -2.02. The van der Waals surface area contributed by atoms with E-state index >= 15 is 0 Å². The number of carbonyl (C=O) groups excluding carboxylic acids is 1. The fourth-order valence-corrected chi connectivity index (χ4v) is 2.72. The van der Waals surface area contributed by atoms with Crippen LogP contribution < -0.4 is 10.9 Å². The third-order valence-electron chi connectivity index (χ3n) is 3.18. The molecule has 2 rings (SSSR count). The molecule has 0 spiro atoms. The van der Waals surface area contributed by atoms with Crippen molar-refractivity contribution < 1.29 is 9.21 Å². The Morgan fingerprint density at radius 3 is 2.95 bits per heavy atom. The molecule has 7 heteroatoms. The summed E-state index contributed by atoms with van der Waals surface area (Å²) in [5, 5.41) is 2.98. The van der Waals surface area contributed by atoms with E-state index in [1.807, 2.05) is 6.92 Å². The Bertz CT molecular complexity index is 695. The number of aryl methyl sites for hydroxylation is 1. The van der Waals surface area contributed by atoms with E-state index in [0.29, 0.717) is 23.9 Å². The first-order valence-corrected chi connectivity index (χ1v) is 7.93. The van der Waals surface area contributed by atoms with Crippen LogP contribution in [0.4, 0.5) is 0 Å². The van der Waals surface area contributed by atoms with Gasteiger partial charge in [0.1, 0.15) is 5.76 Å². The van der Waals surface area contributed by atoms with Gasteiger partial charge in [-0.05, 0) is 25.5 Å². The summed E-state index contributed by atoms with van der Waals surface area (Å²) >= 11 is 1.27. The van der Waals surface area contributed by atoms with Crippen molar-refractivity contribution in [2.45, 2.75) is 37.2 Å². The Balaban J connectivity index is 2.01. The van der Waals surface area contributed by atoms with Crippen molar-refractivity contribution in [3.05, 3.63) is 46.3 Å². The normalized spacial score (nSPS) is 12.1. The lowest BCUT2D eigenvalue weighted by molar-refractivity contribution is -0.120. The van der Waals surface area contributed by atoms with Crippen LogP contribution in [0, 0.1) is 0 Å². The topological polar surface area (TPSA) is 77.1 Å². The predicted octanol–water partition coefficient (Wildman–Crippen LogP) is 1.73. The van der Waals surface area contributed by atoms with Gasteiger partial charge in [-0.3, -0.25) is 14.2 Å². The first-order chi connectivity index (χ1) is 10.5. The molecule has 0 bridgehead atoms. The van der Waals surface area contributed by atoms with Gasteiger partial charge in [-0.15, -0.1) is 0 Å². The van der Waals surface area contributed by atoms with Crippen molar-refractivity contribution in [3.8, 4) is 0 Å². The minimum absolute atomic E-state index is 0.113. The van der Waals surface area contributed by atoms with Crippen molar-refractivity contribution in [3.63, 3.8) is 0 Å².